The number of benzene rings is 1. The Kier molecular flexibility index (Phi) is 6.37. The summed E-state index contributed by atoms with van der Waals surface area (Å²) in [7, 11) is -3.70. The highest BCUT2D eigenvalue weighted by molar-refractivity contribution is 7.85. The van der Waals surface area contributed by atoms with Crippen molar-refractivity contribution >= 4 is 16.2 Å². The molecule has 0 spiro atoms. The Hall–Kier alpha value is -1.64. The Morgan fingerprint density at radius 3 is 2.78 bits per heavy atom. The average Bonchev–Trinajstić information content (AvgIpc) is 2.54. The standard InChI is InChI=1S/C15H21NO6S/c1-2-20-15(17)16-8-9-21-14(10-16)11-22-23(18,19)12-13-6-4-3-5-7-13/h3-7,14H,2,8-12H2,1H3/t14-/m0/s1. The van der Waals surface area contributed by atoms with Crippen LogP contribution in [0.5, 0.6) is 0 Å². The summed E-state index contributed by atoms with van der Waals surface area (Å²) in [6.45, 7) is 2.90. The van der Waals surface area contributed by atoms with Crippen molar-refractivity contribution < 1.29 is 26.9 Å². The fourth-order valence-corrected chi connectivity index (χ4v) is 3.24. The van der Waals surface area contributed by atoms with Gasteiger partial charge in [-0.1, -0.05) is 30.3 Å². The van der Waals surface area contributed by atoms with E-state index in [1.807, 2.05) is 6.07 Å². The first kappa shape index (κ1) is 17.7. The number of carbonyl (C=O) groups is 1. The van der Waals surface area contributed by atoms with Gasteiger partial charge >= 0.3 is 6.09 Å². The summed E-state index contributed by atoms with van der Waals surface area (Å²) in [4.78, 5) is 13.2. The Balaban J connectivity index is 1.83. The van der Waals surface area contributed by atoms with E-state index in [0.717, 1.165) is 0 Å². The maximum absolute atomic E-state index is 12.0. The van der Waals surface area contributed by atoms with Crippen LogP contribution in [0.25, 0.3) is 0 Å². The van der Waals surface area contributed by atoms with Gasteiger partial charge in [-0.15, -0.1) is 0 Å². The molecule has 23 heavy (non-hydrogen) atoms. The Morgan fingerprint density at radius 1 is 1.35 bits per heavy atom. The summed E-state index contributed by atoms with van der Waals surface area (Å²) < 4.78 is 39.4. The lowest BCUT2D eigenvalue weighted by Crippen LogP contribution is -2.47. The second-order valence-corrected chi connectivity index (χ2v) is 6.75. The number of rotatable bonds is 6. The molecule has 0 radical (unpaired) electrons. The molecule has 8 heteroatoms. The SMILES string of the molecule is CCOC(=O)N1CCO[C@H](COS(=O)(=O)Cc2ccccc2)C1. The first-order valence-electron chi connectivity index (χ1n) is 7.44. The number of morpholine rings is 1. The third kappa shape index (κ3) is 5.81. The van der Waals surface area contributed by atoms with E-state index in [1.165, 1.54) is 4.90 Å². The molecule has 1 heterocycles. The van der Waals surface area contributed by atoms with Crippen LogP contribution in [0.2, 0.25) is 0 Å². The van der Waals surface area contributed by atoms with Crippen LogP contribution in [0.4, 0.5) is 4.79 Å². The van der Waals surface area contributed by atoms with Gasteiger partial charge in [-0.25, -0.2) is 4.79 Å². The maximum Gasteiger partial charge on any atom is 0.409 e. The quantitative estimate of drug-likeness (QED) is 0.726. The summed E-state index contributed by atoms with van der Waals surface area (Å²) >= 11 is 0. The van der Waals surface area contributed by atoms with E-state index in [1.54, 1.807) is 31.2 Å². The van der Waals surface area contributed by atoms with Crippen molar-refractivity contribution in [3.8, 4) is 0 Å². The lowest BCUT2D eigenvalue weighted by molar-refractivity contribution is -0.0438. The molecule has 0 unspecified atom stereocenters. The molecule has 0 bridgehead atoms. The highest BCUT2D eigenvalue weighted by Crippen LogP contribution is 2.11. The zero-order valence-corrected chi connectivity index (χ0v) is 13.8. The first-order chi connectivity index (χ1) is 11.0. The van der Waals surface area contributed by atoms with Crippen molar-refractivity contribution in [1.82, 2.24) is 4.90 Å². The second kappa shape index (κ2) is 8.28. The minimum atomic E-state index is -3.70. The van der Waals surface area contributed by atoms with Gasteiger partial charge in [-0.3, -0.25) is 4.18 Å². The molecule has 7 nitrogen and oxygen atoms in total. The third-order valence-corrected chi connectivity index (χ3v) is 4.47. The van der Waals surface area contributed by atoms with Crippen LogP contribution in [0.3, 0.4) is 0 Å². The Bertz CT molecular complexity index is 604. The summed E-state index contributed by atoms with van der Waals surface area (Å²) in [6.07, 6.45) is -0.911. The molecule has 1 aliphatic rings. The molecule has 0 aromatic heterocycles. The van der Waals surface area contributed by atoms with E-state index in [2.05, 4.69) is 0 Å². The summed E-state index contributed by atoms with van der Waals surface area (Å²) in [5.74, 6) is -0.192. The molecule has 0 aliphatic carbocycles. The topological polar surface area (TPSA) is 82.1 Å². The van der Waals surface area contributed by atoms with Crippen LogP contribution in [-0.2, 0) is 29.5 Å². The Labute approximate surface area is 136 Å². The van der Waals surface area contributed by atoms with E-state index >= 15 is 0 Å². The van der Waals surface area contributed by atoms with Gasteiger partial charge in [0.05, 0.1) is 26.4 Å². The molecule has 1 saturated heterocycles. The van der Waals surface area contributed by atoms with Crippen molar-refractivity contribution in [2.24, 2.45) is 0 Å². The molecular formula is C15H21NO6S. The van der Waals surface area contributed by atoms with Crippen LogP contribution in [0.1, 0.15) is 12.5 Å². The van der Waals surface area contributed by atoms with Crippen molar-refractivity contribution in [3.63, 3.8) is 0 Å². The van der Waals surface area contributed by atoms with Crippen molar-refractivity contribution in [2.75, 3.05) is 32.9 Å². The van der Waals surface area contributed by atoms with Gasteiger partial charge in [0.1, 0.15) is 11.9 Å². The fraction of sp³-hybridized carbons (Fsp3) is 0.533. The molecular weight excluding hydrogens is 322 g/mol. The molecule has 0 N–H and O–H groups in total. The molecule has 128 valence electrons. The third-order valence-electron chi connectivity index (χ3n) is 3.28. The lowest BCUT2D eigenvalue weighted by Gasteiger charge is -2.31. The van der Waals surface area contributed by atoms with Crippen LogP contribution < -0.4 is 0 Å². The van der Waals surface area contributed by atoms with Crippen LogP contribution in [0, 0.1) is 0 Å². The van der Waals surface area contributed by atoms with Gasteiger partial charge in [0, 0.05) is 6.54 Å². The lowest BCUT2D eigenvalue weighted by atomic mass is 10.2. The van der Waals surface area contributed by atoms with Crippen molar-refractivity contribution in [3.05, 3.63) is 35.9 Å². The number of amides is 1. The molecule has 0 saturated carbocycles. The van der Waals surface area contributed by atoms with Gasteiger partial charge in [0.2, 0.25) is 0 Å². The normalized spacial score (nSPS) is 18.7. The zero-order chi connectivity index (χ0) is 16.7. The van der Waals surface area contributed by atoms with Gasteiger partial charge < -0.3 is 14.4 Å². The van der Waals surface area contributed by atoms with Gasteiger partial charge in [-0.05, 0) is 12.5 Å². The fourth-order valence-electron chi connectivity index (χ4n) is 2.20. The van der Waals surface area contributed by atoms with Crippen LogP contribution in [-0.4, -0.2) is 58.4 Å². The van der Waals surface area contributed by atoms with E-state index in [-0.39, 0.29) is 18.9 Å². The molecule has 2 rings (SSSR count). The van der Waals surface area contributed by atoms with E-state index in [4.69, 9.17) is 13.7 Å². The Morgan fingerprint density at radius 2 is 2.09 bits per heavy atom. The van der Waals surface area contributed by atoms with Gasteiger partial charge in [-0.2, -0.15) is 8.42 Å². The highest BCUT2D eigenvalue weighted by Gasteiger charge is 2.26. The van der Waals surface area contributed by atoms with E-state index in [9.17, 15) is 13.2 Å². The number of carbonyl (C=O) groups excluding carboxylic acids is 1. The predicted molar refractivity (Wildman–Crippen MR) is 83.4 cm³/mol. The maximum atomic E-state index is 12.0. The first-order valence-corrected chi connectivity index (χ1v) is 9.02. The van der Waals surface area contributed by atoms with E-state index in [0.29, 0.717) is 25.3 Å². The molecule has 1 amide bonds. The highest BCUT2D eigenvalue weighted by atomic mass is 32.2. The van der Waals surface area contributed by atoms with Crippen molar-refractivity contribution in [1.29, 1.82) is 0 Å². The van der Waals surface area contributed by atoms with Crippen LogP contribution in [0.15, 0.2) is 30.3 Å². The average molecular weight is 343 g/mol. The molecule has 1 atom stereocenters. The predicted octanol–water partition coefficient (Wildman–Crippen LogP) is 1.39. The monoisotopic (exact) mass is 343 g/mol. The number of ether oxygens (including phenoxy) is 2. The molecule has 1 fully saturated rings. The number of hydrogen-bond acceptors (Lipinski definition) is 6. The summed E-state index contributed by atoms with van der Waals surface area (Å²) in [5, 5.41) is 0. The summed E-state index contributed by atoms with van der Waals surface area (Å²) in [5.41, 5.74) is 0.658. The smallest absolute Gasteiger partial charge is 0.409 e. The number of nitrogens with zero attached hydrogens (tertiary/aromatic N) is 1. The van der Waals surface area contributed by atoms with Crippen molar-refractivity contribution in [2.45, 2.75) is 18.8 Å². The summed E-state index contributed by atoms with van der Waals surface area (Å²) in [6, 6.07) is 8.80. The number of hydrogen-bond donors (Lipinski definition) is 0. The molecule has 1 aromatic rings. The van der Waals surface area contributed by atoms with Gasteiger partial charge in [0.25, 0.3) is 10.1 Å². The molecule has 1 aromatic carbocycles. The minimum absolute atomic E-state index is 0.120. The second-order valence-electron chi connectivity index (χ2n) is 5.11. The van der Waals surface area contributed by atoms with E-state index < -0.39 is 22.3 Å². The largest absolute Gasteiger partial charge is 0.450 e. The van der Waals surface area contributed by atoms with Gasteiger partial charge in [0.15, 0.2) is 0 Å². The molecule has 1 aliphatic heterocycles. The zero-order valence-electron chi connectivity index (χ0n) is 13.0. The van der Waals surface area contributed by atoms with Crippen LogP contribution >= 0.6 is 0 Å². The minimum Gasteiger partial charge on any atom is -0.450 e.